The Balaban J connectivity index is 2.01. The second-order valence-corrected chi connectivity index (χ2v) is 6.38. The Morgan fingerprint density at radius 1 is 1.12 bits per heavy atom. The summed E-state index contributed by atoms with van der Waals surface area (Å²) in [6.07, 6.45) is 0. The summed E-state index contributed by atoms with van der Waals surface area (Å²) >= 11 is 12.1. The first kappa shape index (κ1) is 19.4. The van der Waals surface area contributed by atoms with Crippen molar-refractivity contribution in [1.29, 1.82) is 0 Å². The summed E-state index contributed by atoms with van der Waals surface area (Å²) < 4.78 is 10.4. The highest BCUT2D eigenvalue weighted by Crippen LogP contribution is 2.35. The average molecular weight is 383 g/mol. The van der Waals surface area contributed by atoms with Gasteiger partial charge in [0.25, 0.3) is 0 Å². The van der Waals surface area contributed by atoms with Crippen molar-refractivity contribution in [3.8, 4) is 11.5 Å². The molecule has 0 heterocycles. The fourth-order valence-corrected chi connectivity index (χ4v) is 2.85. The van der Waals surface area contributed by atoms with Gasteiger partial charge in [0.1, 0.15) is 11.5 Å². The van der Waals surface area contributed by atoms with Crippen LogP contribution in [0.2, 0.25) is 10.0 Å². The number of nitrogens with one attached hydrogen (secondary N) is 1. The molecule has 1 N–H and O–H groups in total. The molecule has 0 aliphatic rings. The van der Waals surface area contributed by atoms with E-state index in [1.54, 1.807) is 12.1 Å². The zero-order valence-corrected chi connectivity index (χ0v) is 15.8. The monoisotopic (exact) mass is 382 g/mol. The van der Waals surface area contributed by atoms with Crippen molar-refractivity contribution in [2.45, 2.75) is 6.54 Å². The molecule has 25 heavy (non-hydrogen) atoms. The number of anilines is 1. The number of hydrogen-bond donors (Lipinski definition) is 1. The standard InChI is InChI=1S/C18H20Cl2N2O3/c1-22(10-12-5-4-6-13(19)7-12)11-18(23)21-15-8-14(20)16(24-2)9-17(15)25-3/h4-9H,10-11H2,1-3H3,(H,21,23). The molecule has 0 aliphatic heterocycles. The Morgan fingerprint density at radius 2 is 1.84 bits per heavy atom. The van der Waals surface area contributed by atoms with Crippen molar-refractivity contribution in [1.82, 2.24) is 4.90 Å². The summed E-state index contributed by atoms with van der Waals surface area (Å²) in [5, 5.41) is 3.88. The minimum absolute atomic E-state index is 0.177. The summed E-state index contributed by atoms with van der Waals surface area (Å²) in [6, 6.07) is 10.8. The van der Waals surface area contributed by atoms with Crippen LogP contribution < -0.4 is 14.8 Å². The molecule has 0 aromatic heterocycles. The number of halogens is 2. The van der Waals surface area contributed by atoms with Crippen molar-refractivity contribution in [3.05, 3.63) is 52.0 Å². The van der Waals surface area contributed by atoms with Crippen molar-refractivity contribution in [3.63, 3.8) is 0 Å². The maximum atomic E-state index is 12.3. The third kappa shape index (κ3) is 5.53. The highest BCUT2D eigenvalue weighted by atomic mass is 35.5. The lowest BCUT2D eigenvalue weighted by Crippen LogP contribution is -2.30. The fraction of sp³-hybridized carbons (Fsp3) is 0.278. The van der Waals surface area contributed by atoms with Crippen molar-refractivity contribution >= 4 is 34.8 Å². The maximum absolute atomic E-state index is 12.3. The van der Waals surface area contributed by atoms with Crippen LogP contribution in [0, 0.1) is 0 Å². The number of methoxy groups -OCH3 is 2. The van der Waals surface area contributed by atoms with Gasteiger partial charge in [-0.15, -0.1) is 0 Å². The van der Waals surface area contributed by atoms with E-state index in [1.807, 2.05) is 36.2 Å². The molecule has 0 spiro atoms. The normalized spacial score (nSPS) is 10.6. The molecule has 134 valence electrons. The molecule has 7 heteroatoms. The van der Waals surface area contributed by atoms with Gasteiger partial charge < -0.3 is 14.8 Å². The van der Waals surface area contributed by atoms with Crippen LogP contribution in [0.15, 0.2) is 36.4 Å². The number of ether oxygens (including phenoxy) is 2. The van der Waals surface area contributed by atoms with E-state index in [4.69, 9.17) is 32.7 Å². The van der Waals surface area contributed by atoms with Crippen LogP contribution in [0.4, 0.5) is 5.69 Å². The smallest absolute Gasteiger partial charge is 0.238 e. The van der Waals surface area contributed by atoms with Gasteiger partial charge in [-0.2, -0.15) is 0 Å². The fourth-order valence-electron chi connectivity index (χ4n) is 2.40. The first-order chi connectivity index (χ1) is 11.9. The molecule has 2 aromatic carbocycles. The quantitative estimate of drug-likeness (QED) is 0.783. The summed E-state index contributed by atoms with van der Waals surface area (Å²) in [5.74, 6) is 0.783. The van der Waals surface area contributed by atoms with Crippen LogP contribution in [0.3, 0.4) is 0 Å². The molecule has 2 aromatic rings. The molecule has 0 fully saturated rings. The SMILES string of the molecule is COc1cc(OC)c(NC(=O)CN(C)Cc2cccc(Cl)c2)cc1Cl. The molecular weight excluding hydrogens is 363 g/mol. The topological polar surface area (TPSA) is 50.8 Å². The predicted molar refractivity (Wildman–Crippen MR) is 101 cm³/mol. The third-order valence-electron chi connectivity index (χ3n) is 3.50. The lowest BCUT2D eigenvalue weighted by Gasteiger charge is -2.18. The lowest BCUT2D eigenvalue weighted by molar-refractivity contribution is -0.117. The van der Waals surface area contributed by atoms with E-state index in [1.165, 1.54) is 14.2 Å². The Kier molecular flexibility index (Phi) is 6.93. The molecule has 0 saturated carbocycles. The minimum Gasteiger partial charge on any atom is -0.495 e. The second-order valence-electron chi connectivity index (χ2n) is 5.54. The van der Waals surface area contributed by atoms with Gasteiger partial charge in [0.05, 0.1) is 31.5 Å². The van der Waals surface area contributed by atoms with E-state index in [0.717, 1.165) is 5.56 Å². The Hall–Kier alpha value is -1.95. The first-order valence-corrected chi connectivity index (χ1v) is 8.33. The highest BCUT2D eigenvalue weighted by Gasteiger charge is 2.14. The summed E-state index contributed by atoms with van der Waals surface area (Å²) in [5.41, 5.74) is 1.53. The van der Waals surface area contributed by atoms with Crippen LogP contribution in [-0.4, -0.2) is 38.6 Å². The maximum Gasteiger partial charge on any atom is 0.238 e. The van der Waals surface area contributed by atoms with E-state index in [9.17, 15) is 4.79 Å². The highest BCUT2D eigenvalue weighted by molar-refractivity contribution is 6.32. The molecule has 2 rings (SSSR count). The Bertz CT molecular complexity index is 753. The summed E-state index contributed by atoms with van der Waals surface area (Å²) in [6.45, 7) is 0.813. The number of nitrogens with zero attached hydrogens (tertiary/aromatic N) is 1. The van der Waals surface area contributed by atoms with Crippen molar-refractivity contribution in [2.75, 3.05) is 33.1 Å². The molecule has 0 unspecified atom stereocenters. The summed E-state index contributed by atoms with van der Waals surface area (Å²) in [7, 11) is 4.89. The van der Waals surface area contributed by atoms with Crippen LogP contribution in [0.25, 0.3) is 0 Å². The third-order valence-corrected chi connectivity index (χ3v) is 4.03. The molecule has 0 bridgehead atoms. The molecule has 5 nitrogen and oxygen atoms in total. The number of likely N-dealkylation sites (N-methyl/N-ethyl adjacent to an activating group) is 1. The lowest BCUT2D eigenvalue weighted by atomic mass is 10.2. The van der Waals surface area contributed by atoms with Crippen LogP contribution in [0.5, 0.6) is 11.5 Å². The van der Waals surface area contributed by atoms with Gasteiger partial charge >= 0.3 is 0 Å². The first-order valence-electron chi connectivity index (χ1n) is 7.57. The molecule has 0 saturated heterocycles. The molecule has 0 aliphatic carbocycles. The number of amides is 1. The van der Waals surface area contributed by atoms with Gasteiger partial charge in [0, 0.05) is 17.6 Å². The van der Waals surface area contributed by atoms with Gasteiger partial charge in [0.2, 0.25) is 5.91 Å². The molecular formula is C18H20Cl2N2O3. The van der Waals surface area contributed by atoms with E-state index in [2.05, 4.69) is 5.32 Å². The minimum atomic E-state index is -0.177. The number of hydrogen-bond acceptors (Lipinski definition) is 4. The van der Waals surface area contributed by atoms with E-state index in [-0.39, 0.29) is 12.5 Å². The largest absolute Gasteiger partial charge is 0.495 e. The van der Waals surface area contributed by atoms with Gasteiger partial charge in [-0.1, -0.05) is 35.3 Å². The second kappa shape index (κ2) is 8.94. The molecule has 0 radical (unpaired) electrons. The number of rotatable bonds is 7. The molecule has 0 atom stereocenters. The van der Waals surface area contributed by atoms with Crippen LogP contribution >= 0.6 is 23.2 Å². The Labute approximate surface area is 157 Å². The van der Waals surface area contributed by atoms with Crippen LogP contribution in [0.1, 0.15) is 5.56 Å². The molecule has 1 amide bonds. The predicted octanol–water partition coefficient (Wildman–Crippen LogP) is 4.08. The number of carbonyl (C=O) groups is 1. The van der Waals surface area contributed by atoms with E-state index in [0.29, 0.717) is 33.8 Å². The summed E-state index contributed by atoms with van der Waals surface area (Å²) in [4.78, 5) is 14.2. The van der Waals surface area contributed by atoms with Gasteiger partial charge in [0.15, 0.2) is 0 Å². The zero-order chi connectivity index (χ0) is 18.4. The Morgan fingerprint density at radius 3 is 2.48 bits per heavy atom. The van der Waals surface area contributed by atoms with E-state index < -0.39 is 0 Å². The zero-order valence-electron chi connectivity index (χ0n) is 14.3. The van der Waals surface area contributed by atoms with Crippen LogP contribution in [-0.2, 0) is 11.3 Å². The number of carbonyl (C=O) groups excluding carboxylic acids is 1. The van der Waals surface area contributed by atoms with Crippen molar-refractivity contribution < 1.29 is 14.3 Å². The van der Waals surface area contributed by atoms with Gasteiger partial charge in [-0.05, 0) is 30.8 Å². The van der Waals surface area contributed by atoms with Crippen molar-refractivity contribution in [2.24, 2.45) is 0 Å². The van der Waals surface area contributed by atoms with Gasteiger partial charge in [-0.25, -0.2) is 0 Å². The number of benzene rings is 2. The van der Waals surface area contributed by atoms with E-state index >= 15 is 0 Å². The average Bonchev–Trinajstić information content (AvgIpc) is 2.54. The van der Waals surface area contributed by atoms with Gasteiger partial charge in [-0.3, -0.25) is 9.69 Å².